The predicted octanol–water partition coefficient (Wildman–Crippen LogP) is 5.56. The Hall–Kier alpha value is -2.02. The summed E-state index contributed by atoms with van der Waals surface area (Å²) in [6.07, 6.45) is -0.623. The van der Waals surface area contributed by atoms with Gasteiger partial charge in [0.2, 0.25) is 5.95 Å². The number of nitrogens with zero attached hydrogens (tertiary/aromatic N) is 2. The summed E-state index contributed by atoms with van der Waals surface area (Å²) >= 11 is 6.14. The van der Waals surface area contributed by atoms with Gasteiger partial charge < -0.3 is 10.6 Å². The first-order valence-electron chi connectivity index (χ1n) is 8.07. The van der Waals surface area contributed by atoms with Crippen LogP contribution in [0.25, 0.3) is 0 Å². The molecule has 3 rings (SSSR count). The fourth-order valence-electron chi connectivity index (χ4n) is 2.83. The standard InChI is InChI=1S/C17H18ClF3N4/c1-10-6-7-13(12(18)8-10)23-15-9-14(17(19,20)21)24-16(25-15)22-11-4-2-3-5-11/h6-9,11H,2-5H2,1H3,(H2,22,23,24,25). The highest BCUT2D eigenvalue weighted by Crippen LogP contribution is 2.32. The van der Waals surface area contributed by atoms with E-state index < -0.39 is 11.9 Å². The first-order valence-corrected chi connectivity index (χ1v) is 8.45. The van der Waals surface area contributed by atoms with Crippen LogP contribution in [0.15, 0.2) is 24.3 Å². The predicted molar refractivity (Wildman–Crippen MR) is 92.4 cm³/mol. The van der Waals surface area contributed by atoms with Gasteiger partial charge in [0.1, 0.15) is 5.82 Å². The molecule has 25 heavy (non-hydrogen) atoms. The summed E-state index contributed by atoms with van der Waals surface area (Å²) in [6, 6.07) is 6.25. The Labute approximate surface area is 148 Å². The van der Waals surface area contributed by atoms with Gasteiger partial charge in [-0.25, -0.2) is 4.98 Å². The van der Waals surface area contributed by atoms with Crippen LogP contribution in [0, 0.1) is 6.92 Å². The van der Waals surface area contributed by atoms with E-state index in [4.69, 9.17) is 11.6 Å². The van der Waals surface area contributed by atoms with Gasteiger partial charge in [-0.05, 0) is 37.5 Å². The van der Waals surface area contributed by atoms with Gasteiger partial charge in [0.15, 0.2) is 5.69 Å². The smallest absolute Gasteiger partial charge is 0.351 e. The number of halogens is 4. The lowest BCUT2D eigenvalue weighted by atomic mass is 10.2. The van der Waals surface area contributed by atoms with Gasteiger partial charge in [0.05, 0.1) is 10.7 Å². The van der Waals surface area contributed by atoms with Crippen LogP contribution in [0.3, 0.4) is 0 Å². The Bertz CT molecular complexity index is 758. The molecular weight excluding hydrogens is 353 g/mol. The summed E-state index contributed by atoms with van der Waals surface area (Å²) in [5.41, 5.74) is 0.456. The maximum atomic E-state index is 13.2. The fourth-order valence-corrected chi connectivity index (χ4v) is 3.12. The van der Waals surface area contributed by atoms with Crippen molar-refractivity contribution >= 4 is 29.1 Å². The van der Waals surface area contributed by atoms with E-state index in [2.05, 4.69) is 20.6 Å². The Morgan fingerprint density at radius 2 is 1.84 bits per heavy atom. The van der Waals surface area contributed by atoms with E-state index in [-0.39, 0.29) is 17.8 Å². The minimum absolute atomic E-state index is 0.0209. The highest BCUT2D eigenvalue weighted by atomic mass is 35.5. The van der Waals surface area contributed by atoms with Crippen LogP contribution in [0.2, 0.25) is 5.02 Å². The number of nitrogens with one attached hydrogen (secondary N) is 2. The summed E-state index contributed by atoms with van der Waals surface area (Å²) < 4.78 is 39.5. The number of benzene rings is 1. The number of alkyl halides is 3. The monoisotopic (exact) mass is 370 g/mol. The van der Waals surface area contributed by atoms with Crippen LogP contribution >= 0.6 is 11.6 Å². The summed E-state index contributed by atoms with van der Waals surface area (Å²) in [6.45, 7) is 1.88. The third-order valence-electron chi connectivity index (χ3n) is 4.09. The SMILES string of the molecule is Cc1ccc(Nc2cc(C(F)(F)F)nc(NC3CCCC3)n2)c(Cl)c1. The van der Waals surface area contributed by atoms with Crippen molar-refractivity contribution in [3.05, 3.63) is 40.5 Å². The van der Waals surface area contributed by atoms with E-state index in [0.717, 1.165) is 37.3 Å². The summed E-state index contributed by atoms with van der Waals surface area (Å²) in [4.78, 5) is 7.80. The van der Waals surface area contributed by atoms with Gasteiger partial charge in [-0.15, -0.1) is 0 Å². The van der Waals surface area contributed by atoms with E-state index in [1.165, 1.54) is 0 Å². The lowest BCUT2D eigenvalue weighted by Crippen LogP contribution is -2.19. The van der Waals surface area contributed by atoms with Gasteiger partial charge in [0, 0.05) is 12.1 Å². The highest BCUT2D eigenvalue weighted by molar-refractivity contribution is 6.33. The lowest BCUT2D eigenvalue weighted by molar-refractivity contribution is -0.141. The molecule has 2 N–H and O–H groups in total. The second kappa shape index (κ2) is 7.07. The van der Waals surface area contributed by atoms with Gasteiger partial charge in [-0.2, -0.15) is 18.2 Å². The van der Waals surface area contributed by atoms with Gasteiger partial charge in [-0.1, -0.05) is 30.5 Å². The maximum Gasteiger partial charge on any atom is 0.433 e. The zero-order chi connectivity index (χ0) is 18.0. The van der Waals surface area contributed by atoms with Crippen molar-refractivity contribution in [2.24, 2.45) is 0 Å². The molecule has 0 saturated heterocycles. The lowest BCUT2D eigenvalue weighted by Gasteiger charge is -2.16. The van der Waals surface area contributed by atoms with Crippen LogP contribution < -0.4 is 10.6 Å². The molecular formula is C17H18ClF3N4. The molecule has 0 atom stereocenters. The Morgan fingerprint density at radius 3 is 2.48 bits per heavy atom. The van der Waals surface area contributed by atoms with Crippen molar-refractivity contribution in [3.63, 3.8) is 0 Å². The summed E-state index contributed by atoms with van der Waals surface area (Å²) in [5.74, 6) is 0.0287. The Balaban J connectivity index is 1.90. The van der Waals surface area contributed by atoms with Crippen LogP contribution in [-0.2, 0) is 6.18 Å². The van der Waals surface area contributed by atoms with Gasteiger partial charge >= 0.3 is 6.18 Å². The number of hydrogen-bond donors (Lipinski definition) is 2. The van der Waals surface area contributed by atoms with Crippen molar-refractivity contribution in [1.29, 1.82) is 0 Å². The van der Waals surface area contributed by atoms with Crippen LogP contribution in [0.1, 0.15) is 36.9 Å². The molecule has 4 nitrogen and oxygen atoms in total. The number of aromatic nitrogens is 2. The second-order valence-electron chi connectivity index (χ2n) is 6.19. The molecule has 0 radical (unpaired) electrons. The summed E-state index contributed by atoms with van der Waals surface area (Å²) in [7, 11) is 0. The van der Waals surface area contributed by atoms with Crippen molar-refractivity contribution in [1.82, 2.24) is 9.97 Å². The molecule has 0 spiro atoms. The molecule has 0 aliphatic heterocycles. The minimum atomic E-state index is -4.55. The summed E-state index contributed by atoms with van der Waals surface area (Å²) in [5, 5.41) is 6.28. The Morgan fingerprint density at radius 1 is 1.12 bits per heavy atom. The van der Waals surface area contributed by atoms with E-state index >= 15 is 0 Å². The highest BCUT2D eigenvalue weighted by Gasteiger charge is 2.34. The van der Waals surface area contributed by atoms with E-state index in [9.17, 15) is 13.2 Å². The van der Waals surface area contributed by atoms with E-state index in [0.29, 0.717) is 10.7 Å². The molecule has 1 aliphatic carbocycles. The molecule has 1 fully saturated rings. The number of aryl methyl sites for hydroxylation is 1. The first-order chi connectivity index (χ1) is 11.8. The number of hydrogen-bond acceptors (Lipinski definition) is 4. The molecule has 0 amide bonds. The zero-order valence-electron chi connectivity index (χ0n) is 13.6. The van der Waals surface area contributed by atoms with Crippen LogP contribution in [-0.4, -0.2) is 16.0 Å². The normalized spacial score (nSPS) is 15.4. The number of rotatable bonds is 4. The second-order valence-corrected chi connectivity index (χ2v) is 6.60. The van der Waals surface area contributed by atoms with Gasteiger partial charge in [-0.3, -0.25) is 0 Å². The molecule has 1 aromatic carbocycles. The van der Waals surface area contributed by atoms with Crippen molar-refractivity contribution in [2.45, 2.75) is 44.8 Å². The molecule has 2 aromatic rings. The molecule has 8 heteroatoms. The first kappa shape index (κ1) is 17.8. The van der Waals surface area contributed by atoms with Crippen LogP contribution in [0.4, 0.5) is 30.6 Å². The molecule has 1 aromatic heterocycles. The maximum absolute atomic E-state index is 13.2. The molecule has 134 valence electrons. The molecule has 1 saturated carbocycles. The molecule has 0 unspecified atom stereocenters. The van der Waals surface area contributed by atoms with Crippen molar-refractivity contribution in [3.8, 4) is 0 Å². The zero-order valence-corrected chi connectivity index (χ0v) is 14.4. The Kier molecular flexibility index (Phi) is 5.03. The average Bonchev–Trinajstić information content (AvgIpc) is 3.02. The van der Waals surface area contributed by atoms with Crippen molar-refractivity contribution < 1.29 is 13.2 Å². The molecule has 1 heterocycles. The van der Waals surface area contributed by atoms with Crippen molar-refractivity contribution in [2.75, 3.05) is 10.6 Å². The van der Waals surface area contributed by atoms with Gasteiger partial charge in [0.25, 0.3) is 0 Å². The average molecular weight is 371 g/mol. The molecule has 0 bridgehead atoms. The van der Waals surface area contributed by atoms with Crippen LogP contribution in [0.5, 0.6) is 0 Å². The minimum Gasteiger partial charge on any atom is -0.351 e. The largest absolute Gasteiger partial charge is 0.433 e. The quantitative estimate of drug-likeness (QED) is 0.740. The van der Waals surface area contributed by atoms with E-state index in [1.54, 1.807) is 12.1 Å². The third-order valence-corrected chi connectivity index (χ3v) is 4.41. The van der Waals surface area contributed by atoms with E-state index in [1.807, 2.05) is 13.0 Å². The fraction of sp³-hybridized carbons (Fsp3) is 0.412. The molecule has 1 aliphatic rings. The topological polar surface area (TPSA) is 49.8 Å². The number of anilines is 3. The third kappa shape index (κ3) is 4.54.